The van der Waals surface area contributed by atoms with Crippen molar-refractivity contribution in [2.24, 2.45) is 5.16 Å². The third-order valence-corrected chi connectivity index (χ3v) is 3.42. The number of aromatic amines is 2. The van der Waals surface area contributed by atoms with Crippen LogP contribution < -0.4 is 16.0 Å². The molecule has 7 nitrogen and oxygen atoms in total. The lowest BCUT2D eigenvalue weighted by Gasteiger charge is -2.08. The number of oxime groups is 1. The van der Waals surface area contributed by atoms with Gasteiger partial charge in [0.2, 0.25) is 0 Å². The van der Waals surface area contributed by atoms with Crippen molar-refractivity contribution in [2.45, 2.75) is 26.9 Å². The number of hydrogen-bond donors (Lipinski definition) is 2. The fourth-order valence-corrected chi connectivity index (χ4v) is 2.19. The summed E-state index contributed by atoms with van der Waals surface area (Å²) in [6, 6.07) is 5.34. The molecule has 0 spiro atoms. The van der Waals surface area contributed by atoms with Gasteiger partial charge in [-0.15, -0.1) is 0 Å². The van der Waals surface area contributed by atoms with Crippen LogP contribution in [0.5, 0.6) is 5.75 Å². The molecule has 0 amide bonds. The molecule has 0 aliphatic carbocycles. The predicted octanol–water partition coefficient (Wildman–Crippen LogP) is 2.36. The van der Waals surface area contributed by atoms with Crippen LogP contribution in [0.3, 0.4) is 0 Å². The molecule has 0 bridgehead atoms. The number of aromatic nitrogens is 2. The molecule has 0 saturated carbocycles. The topological polar surface area (TPSA) is 96.5 Å². The lowest BCUT2D eigenvalue weighted by Crippen LogP contribution is -2.26. The summed E-state index contributed by atoms with van der Waals surface area (Å²) in [4.78, 5) is 32.5. The van der Waals surface area contributed by atoms with E-state index < -0.39 is 11.2 Å². The first-order valence-corrected chi connectivity index (χ1v) is 7.78. The Kier molecular flexibility index (Phi) is 6.20. The number of ether oxygens (including phenoxy) is 1. The van der Waals surface area contributed by atoms with Crippen LogP contribution in [0.25, 0.3) is 0 Å². The zero-order valence-electron chi connectivity index (χ0n) is 13.4. The van der Waals surface area contributed by atoms with E-state index >= 15 is 0 Å². The van der Waals surface area contributed by atoms with Gasteiger partial charge in [0.15, 0.2) is 0 Å². The van der Waals surface area contributed by atoms with E-state index in [1.807, 2.05) is 13.0 Å². The van der Waals surface area contributed by atoms with Crippen molar-refractivity contribution in [1.29, 1.82) is 0 Å². The standard InChI is InChI=1S/C16H18ClN3O4/c1-3-6-23-14-5-4-11(7-13(14)17)9-24-18-8-12-10(2)19-16(22)20-15(12)21/h4-5,7-8H,3,6,9H2,1-2H3,(H2,19,20,21,22). The zero-order chi connectivity index (χ0) is 17.5. The van der Waals surface area contributed by atoms with Crippen molar-refractivity contribution in [2.75, 3.05) is 6.61 Å². The van der Waals surface area contributed by atoms with Crippen LogP contribution >= 0.6 is 11.6 Å². The minimum atomic E-state index is -0.560. The number of rotatable bonds is 7. The average molecular weight is 352 g/mol. The molecule has 0 radical (unpaired) electrons. The molecule has 24 heavy (non-hydrogen) atoms. The van der Waals surface area contributed by atoms with Gasteiger partial charge >= 0.3 is 5.69 Å². The summed E-state index contributed by atoms with van der Waals surface area (Å²) >= 11 is 6.13. The highest BCUT2D eigenvalue weighted by molar-refractivity contribution is 6.32. The largest absolute Gasteiger partial charge is 0.492 e. The van der Waals surface area contributed by atoms with Crippen LogP contribution in [-0.2, 0) is 11.4 Å². The van der Waals surface area contributed by atoms with E-state index in [2.05, 4.69) is 15.1 Å². The Balaban J connectivity index is 1.98. The van der Waals surface area contributed by atoms with E-state index in [-0.39, 0.29) is 12.2 Å². The molecular formula is C16H18ClN3O4. The molecule has 0 saturated heterocycles. The number of aryl methyl sites for hydroxylation is 1. The number of benzene rings is 1. The quantitative estimate of drug-likeness (QED) is 0.591. The summed E-state index contributed by atoms with van der Waals surface area (Å²) in [5, 5.41) is 4.25. The Bertz CT molecular complexity index is 842. The maximum absolute atomic E-state index is 11.6. The van der Waals surface area contributed by atoms with E-state index in [9.17, 15) is 9.59 Å². The summed E-state index contributed by atoms with van der Waals surface area (Å²) in [7, 11) is 0. The molecule has 0 fully saturated rings. The molecule has 1 heterocycles. The Morgan fingerprint density at radius 3 is 2.75 bits per heavy atom. The molecule has 2 aromatic rings. The van der Waals surface area contributed by atoms with Crippen LogP contribution in [0, 0.1) is 6.92 Å². The second-order valence-electron chi connectivity index (χ2n) is 5.07. The summed E-state index contributed by atoms with van der Waals surface area (Å²) in [5.41, 5.74) is 0.375. The number of nitrogens with one attached hydrogen (secondary N) is 2. The lowest BCUT2D eigenvalue weighted by atomic mass is 10.2. The molecule has 0 aliphatic heterocycles. The van der Waals surface area contributed by atoms with Crippen molar-refractivity contribution < 1.29 is 9.57 Å². The van der Waals surface area contributed by atoms with Gasteiger partial charge in [-0.05, 0) is 31.0 Å². The molecule has 8 heteroatoms. The maximum atomic E-state index is 11.6. The molecule has 2 N–H and O–H groups in total. The van der Waals surface area contributed by atoms with Gasteiger partial charge in [-0.3, -0.25) is 9.78 Å². The molecule has 0 atom stereocenters. The summed E-state index contributed by atoms with van der Waals surface area (Å²) in [6.07, 6.45) is 2.16. The SMILES string of the molecule is CCCOc1ccc(CON=Cc2c(C)[nH]c(=O)[nH]c2=O)cc1Cl. The van der Waals surface area contributed by atoms with E-state index in [0.29, 0.717) is 23.1 Å². The molecule has 0 unspecified atom stereocenters. The van der Waals surface area contributed by atoms with Crippen molar-refractivity contribution in [1.82, 2.24) is 9.97 Å². The van der Waals surface area contributed by atoms with E-state index in [1.54, 1.807) is 19.1 Å². The van der Waals surface area contributed by atoms with Gasteiger partial charge in [-0.2, -0.15) is 0 Å². The summed E-state index contributed by atoms with van der Waals surface area (Å²) in [6.45, 7) is 4.41. The zero-order valence-corrected chi connectivity index (χ0v) is 14.1. The van der Waals surface area contributed by atoms with Gasteiger partial charge in [0, 0.05) is 5.69 Å². The highest BCUT2D eigenvalue weighted by Gasteiger charge is 2.04. The van der Waals surface area contributed by atoms with Crippen molar-refractivity contribution in [3.63, 3.8) is 0 Å². The fourth-order valence-electron chi connectivity index (χ4n) is 1.93. The van der Waals surface area contributed by atoms with Crippen molar-refractivity contribution in [3.05, 3.63) is 60.9 Å². The normalized spacial score (nSPS) is 11.0. The number of H-pyrrole nitrogens is 2. The first kappa shape index (κ1) is 17.8. The second-order valence-corrected chi connectivity index (χ2v) is 5.48. The molecule has 2 rings (SSSR count). The van der Waals surface area contributed by atoms with Crippen molar-refractivity contribution in [3.8, 4) is 5.75 Å². The van der Waals surface area contributed by atoms with Crippen molar-refractivity contribution >= 4 is 17.8 Å². The van der Waals surface area contributed by atoms with Gasteiger partial charge in [0.1, 0.15) is 12.4 Å². The van der Waals surface area contributed by atoms with Crippen LogP contribution in [-0.4, -0.2) is 22.8 Å². The third kappa shape index (κ3) is 4.73. The highest BCUT2D eigenvalue weighted by Crippen LogP contribution is 2.25. The lowest BCUT2D eigenvalue weighted by molar-refractivity contribution is 0.132. The minimum Gasteiger partial charge on any atom is -0.492 e. The Hall–Kier alpha value is -2.54. The first-order chi connectivity index (χ1) is 11.5. The van der Waals surface area contributed by atoms with Crippen LogP contribution in [0.4, 0.5) is 0 Å². The van der Waals surface area contributed by atoms with Gasteiger partial charge in [-0.25, -0.2) is 4.79 Å². The van der Waals surface area contributed by atoms with E-state index in [0.717, 1.165) is 12.0 Å². The Morgan fingerprint density at radius 2 is 2.08 bits per heavy atom. The summed E-state index contributed by atoms with van der Waals surface area (Å²) < 4.78 is 5.49. The van der Waals surface area contributed by atoms with Crippen LogP contribution in [0.1, 0.15) is 30.2 Å². The highest BCUT2D eigenvalue weighted by atomic mass is 35.5. The van der Waals surface area contributed by atoms with E-state index in [4.69, 9.17) is 21.2 Å². The van der Waals surface area contributed by atoms with Gasteiger partial charge < -0.3 is 14.6 Å². The first-order valence-electron chi connectivity index (χ1n) is 7.41. The van der Waals surface area contributed by atoms with Gasteiger partial charge in [-0.1, -0.05) is 29.7 Å². The predicted molar refractivity (Wildman–Crippen MR) is 92.0 cm³/mol. The second kappa shape index (κ2) is 8.35. The van der Waals surface area contributed by atoms with Gasteiger partial charge in [0.05, 0.1) is 23.4 Å². The molecule has 0 aliphatic rings. The molecular weight excluding hydrogens is 334 g/mol. The Labute approximate surface area is 143 Å². The van der Waals surface area contributed by atoms with Crippen LogP contribution in [0.2, 0.25) is 5.02 Å². The third-order valence-electron chi connectivity index (χ3n) is 3.12. The van der Waals surface area contributed by atoms with Crippen LogP contribution in [0.15, 0.2) is 32.9 Å². The monoisotopic (exact) mass is 351 g/mol. The Morgan fingerprint density at radius 1 is 1.29 bits per heavy atom. The van der Waals surface area contributed by atoms with Gasteiger partial charge in [0.25, 0.3) is 5.56 Å². The molecule has 1 aromatic carbocycles. The number of hydrogen-bond acceptors (Lipinski definition) is 5. The number of nitrogens with zero attached hydrogens (tertiary/aromatic N) is 1. The molecule has 1 aromatic heterocycles. The smallest absolute Gasteiger partial charge is 0.325 e. The fraction of sp³-hybridized carbons (Fsp3) is 0.312. The number of halogens is 1. The average Bonchev–Trinajstić information content (AvgIpc) is 2.52. The minimum absolute atomic E-state index is 0.185. The van der Waals surface area contributed by atoms with E-state index in [1.165, 1.54) is 6.21 Å². The molecule has 128 valence electrons. The maximum Gasteiger partial charge on any atom is 0.325 e. The summed E-state index contributed by atoms with van der Waals surface area (Å²) in [5.74, 6) is 0.626.